The molecule has 19 heavy (non-hydrogen) atoms. The molecule has 1 aromatic carbocycles. The number of nitrogens with two attached hydrogens (primary N) is 1. The SMILES string of the molecule is CCC(CC)N(CCO)C(CN)c1ccccc1Br. The lowest BCUT2D eigenvalue weighted by Gasteiger charge is -2.37. The molecule has 0 bridgehead atoms. The van der Waals surface area contributed by atoms with Gasteiger partial charge < -0.3 is 10.8 Å². The smallest absolute Gasteiger partial charge is 0.0558 e. The first kappa shape index (κ1) is 16.6. The Hall–Kier alpha value is -0.420. The van der Waals surface area contributed by atoms with Crippen molar-refractivity contribution in [2.24, 2.45) is 5.73 Å². The van der Waals surface area contributed by atoms with E-state index in [1.165, 1.54) is 5.56 Å². The van der Waals surface area contributed by atoms with Crippen molar-refractivity contribution in [3.63, 3.8) is 0 Å². The number of hydrogen-bond donors (Lipinski definition) is 2. The highest BCUT2D eigenvalue weighted by molar-refractivity contribution is 9.10. The second-order valence-electron chi connectivity index (χ2n) is 4.70. The predicted octanol–water partition coefficient (Wildman–Crippen LogP) is 2.93. The summed E-state index contributed by atoms with van der Waals surface area (Å²) < 4.78 is 1.08. The third kappa shape index (κ3) is 4.28. The van der Waals surface area contributed by atoms with Gasteiger partial charge in [-0.15, -0.1) is 0 Å². The fourth-order valence-corrected chi connectivity index (χ4v) is 3.20. The van der Waals surface area contributed by atoms with Gasteiger partial charge in [-0.25, -0.2) is 0 Å². The first-order valence-corrected chi connectivity index (χ1v) is 7.79. The summed E-state index contributed by atoms with van der Waals surface area (Å²) in [6.07, 6.45) is 2.13. The van der Waals surface area contributed by atoms with E-state index in [2.05, 4.69) is 40.7 Å². The molecule has 0 amide bonds. The molecule has 1 rings (SSSR count). The van der Waals surface area contributed by atoms with Crippen LogP contribution in [0.1, 0.15) is 38.3 Å². The quantitative estimate of drug-likeness (QED) is 0.771. The summed E-state index contributed by atoms with van der Waals surface area (Å²) in [6.45, 7) is 5.75. The zero-order valence-corrected chi connectivity index (χ0v) is 13.4. The van der Waals surface area contributed by atoms with Crippen LogP contribution in [0.15, 0.2) is 28.7 Å². The van der Waals surface area contributed by atoms with Crippen LogP contribution in [-0.4, -0.2) is 35.7 Å². The van der Waals surface area contributed by atoms with E-state index in [-0.39, 0.29) is 12.6 Å². The summed E-state index contributed by atoms with van der Waals surface area (Å²) in [5.41, 5.74) is 7.21. The topological polar surface area (TPSA) is 49.5 Å². The van der Waals surface area contributed by atoms with Gasteiger partial charge in [0.25, 0.3) is 0 Å². The molecular formula is C15H25BrN2O. The van der Waals surface area contributed by atoms with Gasteiger partial charge in [0.15, 0.2) is 0 Å². The zero-order valence-electron chi connectivity index (χ0n) is 11.8. The average molecular weight is 329 g/mol. The van der Waals surface area contributed by atoms with Crippen LogP contribution in [0, 0.1) is 0 Å². The maximum Gasteiger partial charge on any atom is 0.0558 e. The van der Waals surface area contributed by atoms with Gasteiger partial charge in [0.05, 0.1) is 6.61 Å². The number of benzene rings is 1. The molecule has 0 saturated carbocycles. The Balaban J connectivity index is 3.06. The monoisotopic (exact) mass is 328 g/mol. The van der Waals surface area contributed by atoms with Gasteiger partial charge in [-0.05, 0) is 24.5 Å². The van der Waals surface area contributed by atoms with Gasteiger partial charge in [-0.3, -0.25) is 4.90 Å². The fraction of sp³-hybridized carbons (Fsp3) is 0.600. The highest BCUT2D eigenvalue weighted by atomic mass is 79.9. The molecule has 0 aliphatic carbocycles. The first-order valence-electron chi connectivity index (χ1n) is 7.00. The van der Waals surface area contributed by atoms with Gasteiger partial charge in [0.1, 0.15) is 0 Å². The number of aliphatic hydroxyl groups excluding tert-OH is 1. The Labute approximate surface area is 124 Å². The van der Waals surface area contributed by atoms with Crippen molar-refractivity contribution in [1.82, 2.24) is 4.90 Å². The first-order chi connectivity index (χ1) is 9.19. The molecule has 3 N–H and O–H groups in total. The molecule has 0 fully saturated rings. The van der Waals surface area contributed by atoms with Crippen molar-refractivity contribution < 1.29 is 5.11 Å². The summed E-state index contributed by atoms with van der Waals surface area (Å²) in [5.74, 6) is 0. The van der Waals surface area contributed by atoms with Crippen LogP contribution in [0.5, 0.6) is 0 Å². The van der Waals surface area contributed by atoms with E-state index in [9.17, 15) is 5.11 Å². The fourth-order valence-electron chi connectivity index (χ4n) is 2.65. The van der Waals surface area contributed by atoms with Crippen molar-refractivity contribution >= 4 is 15.9 Å². The molecule has 0 heterocycles. The van der Waals surface area contributed by atoms with Crippen LogP contribution in [0.2, 0.25) is 0 Å². The second kappa shape index (κ2) is 8.69. The third-order valence-corrected chi connectivity index (χ3v) is 4.38. The molecule has 0 spiro atoms. The van der Waals surface area contributed by atoms with Gasteiger partial charge in [-0.1, -0.05) is 48.0 Å². The maximum atomic E-state index is 9.34. The minimum atomic E-state index is 0.146. The van der Waals surface area contributed by atoms with Gasteiger partial charge in [0, 0.05) is 29.6 Å². The molecule has 0 aromatic heterocycles. The summed E-state index contributed by atoms with van der Waals surface area (Å²) >= 11 is 3.61. The highest BCUT2D eigenvalue weighted by Crippen LogP contribution is 2.29. The molecule has 0 saturated heterocycles. The summed E-state index contributed by atoms with van der Waals surface area (Å²) in [4.78, 5) is 2.33. The minimum Gasteiger partial charge on any atom is -0.395 e. The number of aliphatic hydroxyl groups is 1. The Morgan fingerprint density at radius 2 is 1.89 bits per heavy atom. The predicted molar refractivity (Wildman–Crippen MR) is 84.1 cm³/mol. The molecule has 108 valence electrons. The van der Waals surface area contributed by atoms with E-state index in [0.29, 0.717) is 19.1 Å². The Kier molecular flexibility index (Phi) is 7.61. The van der Waals surface area contributed by atoms with Crippen molar-refractivity contribution in [1.29, 1.82) is 0 Å². The molecule has 1 aromatic rings. The number of rotatable bonds is 8. The normalized spacial score (nSPS) is 13.2. The van der Waals surface area contributed by atoms with Crippen LogP contribution in [-0.2, 0) is 0 Å². The van der Waals surface area contributed by atoms with Crippen LogP contribution < -0.4 is 5.73 Å². The van der Waals surface area contributed by atoms with E-state index in [0.717, 1.165) is 17.3 Å². The minimum absolute atomic E-state index is 0.146. The number of nitrogens with zero attached hydrogens (tertiary/aromatic N) is 1. The van der Waals surface area contributed by atoms with Crippen molar-refractivity contribution in [2.75, 3.05) is 19.7 Å². The van der Waals surface area contributed by atoms with Crippen LogP contribution >= 0.6 is 15.9 Å². The van der Waals surface area contributed by atoms with Gasteiger partial charge in [-0.2, -0.15) is 0 Å². The lowest BCUT2D eigenvalue weighted by Crippen LogP contribution is -2.42. The molecule has 1 unspecified atom stereocenters. The second-order valence-corrected chi connectivity index (χ2v) is 5.56. The van der Waals surface area contributed by atoms with E-state index in [1.807, 2.05) is 18.2 Å². The third-order valence-electron chi connectivity index (χ3n) is 3.66. The van der Waals surface area contributed by atoms with Crippen molar-refractivity contribution in [3.8, 4) is 0 Å². The Morgan fingerprint density at radius 1 is 1.26 bits per heavy atom. The van der Waals surface area contributed by atoms with E-state index in [1.54, 1.807) is 0 Å². The number of hydrogen-bond acceptors (Lipinski definition) is 3. The summed E-state index contributed by atoms with van der Waals surface area (Å²) in [5, 5.41) is 9.34. The molecule has 0 aliphatic heterocycles. The molecule has 0 radical (unpaired) electrons. The van der Waals surface area contributed by atoms with Crippen molar-refractivity contribution in [2.45, 2.75) is 38.8 Å². The average Bonchev–Trinajstić information content (AvgIpc) is 2.43. The summed E-state index contributed by atoms with van der Waals surface area (Å²) in [6, 6.07) is 8.79. The van der Waals surface area contributed by atoms with Crippen LogP contribution in [0.3, 0.4) is 0 Å². The Morgan fingerprint density at radius 3 is 2.37 bits per heavy atom. The van der Waals surface area contributed by atoms with E-state index < -0.39 is 0 Å². The lowest BCUT2D eigenvalue weighted by atomic mass is 10.0. The van der Waals surface area contributed by atoms with Crippen molar-refractivity contribution in [3.05, 3.63) is 34.3 Å². The Bertz CT molecular complexity index is 369. The highest BCUT2D eigenvalue weighted by Gasteiger charge is 2.25. The maximum absolute atomic E-state index is 9.34. The van der Waals surface area contributed by atoms with E-state index >= 15 is 0 Å². The molecular weight excluding hydrogens is 304 g/mol. The zero-order chi connectivity index (χ0) is 14.3. The molecule has 3 nitrogen and oxygen atoms in total. The van der Waals surface area contributed by atoms with Crippen LogP contribution in [0.25, 0.3) is 0 Å². The summed E-state index contributed by atoms with van der Waals surface area (Å²) in [7, 11) is 0. The van der Waals surface area contributed by atoms with Gasteiger partial charge in [0.2, 0.25) is 0 Å². The van der Waals surface area contributed by atoms with E-state index in [4.69, 9.17) is 5.73 Å². The number of halogens is 1. The standard InChI is InChI=1S/C15H25BrN2O/c1-3-12(4-2)18(9-10-19)15(11-17)13-7-5-6-8-14(13)16/h5-8,12,15,19H,3-4,9-11,17H2,1-2H3. The molecule has 1 atom stereocenters. The lowest BCUT2D eigenvalue weighted by molar-refractivity contribution is 0.0992. The molecule has 4 heteroatoms. The van der Waals surface area contributed by atoms with Gasteiger partial charge >= 0.3 is 0 Å². The molecule has 0 aliphatic rings. The van der Waals surface area contributed by atoms with Crippen LogP contribution in [0.4, 0.5) is 0 Å². The largest absolute Gasteiger partial charge is 0.395 e.